The Bertz CT molecular complexity index is 456. The minimum Gasteiger partial charge on any atom is -0.352 e. The molecule has 1 saturated carbocycles. The van der Waals surface area contributed by atoms with Crippen molar-refractivity contribution in [2.45, 2.75) is 64.0 Å². The number of nitrogens with zero attached hydrogens (tertiary/aromatic N) is 2. The Morgan fingerprint density at radius 2 is 1.76 bits per heavy atom. The predicted molar refractivity (Wildman–Crippen MR) is 98.2 cm³/mol. The molecule has 0 unspecified atom stereocenters. The molecule has 0 aromatic carbocycles. The summed E-state index contributed by atoms with van der Waals surface area (Å²) in [5, 5.41) is 6.54. The van der Waals surface area contributed by atoms with Crippen LogP contribution in [0.25, 0.3) is 0 Å². The maximum absolute atomic E-state index is 12.6. The summed E-state index contributed by atoms with van der Waals surface area (Å²) in [6, 6.07) is 0.635. The van der Waals surface area contributed by atoms with Gasteiger partial charge in [0.2, 0.25) is 11.8 Å². The first-order valence-corrected chi connectivity index (χ1v) is 10.2. The molecular formula is C19H34N4O2. The van der Waals surface area contributed by atoms with Gasteiger partial charge in [-0.25, -0.2) is 0 Å². The summed E-state index contributed by atoms with van der Waals surface area (Å²) in [7, 11) is 0. The molecule has 25 heavy (non-hydrogen) atoms. The first-order valence-electron chi connectivity index (χ1n) is 10.2. The van der Waals surface area contributed by atoms with E-state index in [1.807, 2.05) is 4.90 Å². The second-order valence-electron chi connectivity index (χ2n) is 8.03. The number of likely N-dealkylation sites (tertiary alicyclic amines) is 1. The summed E-state index contributed by atoms with van der Waals surface area (Å²) in [6.07, 6.45) is 7.60. The van der Waals surface area contributed by atoms with Crippen molar-refractivity contribution in [1.29, 1.82) is 0 Å². The maximum atomic E-state index is 12.6. The summed E-state index contributed by atoms with van der Waals surface area (Å²) in [6.45, 7) is 7.09. The first-order chi connectivity index (χ1) is 12.1. The summed E-state index contributed by atoms with van der Waals surface area (Å²) in [5.41, 5.74) is 0. The van der Waals surface area contributed by atoms with Crippen LogP contribution in [-0.4, -0.2) is 73.0 Å². The van der Waals surface area contributed by atoms with Gasteiger partial charge in [-0.3, -0.25) is 14.5 Å². The van der Waals surface area contributed by atoms with Crippen molar-refractivity contribution in [2.24, 2.45) is 5.92 Å². The van der Waals surface area contributed by atoms with Gasteiger partial charge < -0.3 is 15.5 Å². The van der Waals surface area contributed by atoms with Crippen LogP contribution in [0.3, 0.4) is 0 Å². The van der Waals surface area contributed by atoms with Crippen LogP contribution in [0.4, 0.5) is 0 Å². The lowest BCUT2D eigenvalue weighted by atomic mass is 9.87. The molecule has 2 saturated heterocycles. The molecule has 2 aliphatic heterocycles. The third-order valence-corrected chi connectivity index (χ3v) is 6.11. The van der Waals surface area contributed by atoms with Crippen LogP contribution >= 0.6 is 0 Å². The number of rotatable bonds is 4. The summed E-state index contributed by atoms with van der Waals surface area (Å²) in [4.78, 5) is 29.2. The lowest BCUT2D eigenvalue weighted by Crippen LogP contribution is -2.54. The van der Waals surface area contributed by atoms with Crippen LogP contribution in [-0.2, 0) is 9.59 Å². The molecule has 3 aliphatic rings. The van der Waals surface area contributed by atoms with Crippen molar-refractivity contribution in [3.8, 4) is 0 Å². The van der Waals surface area contributed by atoms with Crippen LogP contribution in [0.5, 0.6) is 0 Å². The number of carbonyl (C=O) groups excluding carboxylic acids is 2. The third-order valence-electron chi connectivity index (χ3n) is 6.11. The molecule has 0 aromatic rings. The normalized spacial score (nSPS) is 27.2. The molecule has 3 fully saturated rings. The molecule has 2 heterocycles. The molecule has 0 radical (unpaired) electrons. The van der Waals surface area contributed by atoms with E-state index in [9.17, 15) is 9.59 Å². The molecule has 0 aromatic heterocycles. The number of amides is 2. The van der Waals surface area contributed by atoms with Crippen molar-refractivity contribution in [2.75, 3.05) is 39.3 Å². The molecule has 0 spiro atoms. The molecule has 6 nitrogen and oxygen atoms in total. The van der Waals surface area contributed by atoms with Gasteiger partial charge in [-0.2, -0.15) is 0 Å². The highest BCUT2D eigenvalue weighted by molar-refractivity contribution is 5.79. The molecule has 1 aliphatic carbocycles. The Hall–Kier alpha value is -1.14. The van der Waals surface area contributed by atoms with Crippen molar-refractivity contribution < 1.29 is 9.59 Å². The average Bonchev–Trinajstić information content (AvgIpc) is 2.64. The number of nitrogens with one attached hydrogen (secondary N) is 2. The highest BCUT2D eigenvalue weighted by Gasteiger charge is 2.30. The van der Waals surface area contributed by atoms with E-state index < -0.39 is 0 Å². The lowest BCUT2D eigenvalue weighted by molar-refractivity contribution is -0.137. The van der Waals surface area contributed by atoms with Crippen LogP contribution < -0.4 is 10.6 Å². The summed E-state index contributed by atoms with van der Waals surface area (Å²) < 4.78 is 0. The standard InChI is InChI=1S/C19H34N4O2/c1-15-13-20-9-12-23(15)14-18(24)21-17-7-10-22(11-8-17)19(25)16-5-3-2-4-6-16/h15-17,20H,2-14H2,1H3,(H,21,24)/t15-/m1/s1. The molecule has 0 bridgehead atoms. The lowest BCUT2D eigenvalue weighted by Gasteiger charge is -2.36. The summed E-state index contributed by atoms with van der Waals surface area (Å²) >= 11 is 0. The largest absolute Gasteiger partial charge is 0.352 e. The highest BCUT2D eigenvalue weighted by atomic mass is 16.2. The molecule has 2 N–H and O–H groups in total. The molecule has 2 amide bonds. The fraction of sp³-hybridized carbons (Fsp3) is 0.895. The number of hydrogen-bond acceptors (Lipinski definition) is 4. The van der Waals surface area contributed by atoms with E-state index in [-0.39, 0.29) is 17.9 Å². The predicted octanol–water partition coefficient (Wildman–Crippen LogP) is 0.968. The Morgan fingerprint density at radius 1 is 1.04 bits per heavy atom. The van der Waals surface area contributed by atoms with Gasteiger partial charge in [-0.15, -0.1) is 0 Å². The number of piperidine rings is 1. The monoisotopic (exact) mass is 350 g/mol. The average molecular weight is 351 g/mol. The number of carbonyl (C=O) groups is 2. The van der Waals surface area contributed by atoms with E-state index >= 15 is 0 Å². The zero-order valence-electron chi connectivity index (χ0n) is 15.6. The minimum absolute atomic E-state index is 0.130. The van der Waals surface area contributed by atoms with E-state index in [0.717, 1.165) is 58.4 Å². The molecule has 1 atom stereocenters. The second kappa shape index (κ2) is 8.99. The first kappa shape index (κ1) is 18.6. The van der Waals surface area contributed by atoms with Crippen molar-refractivity contribution in [1.82, 2.24) is 20.4 Å². The number of hydrogen-bond donors (Lipinski definition) is 2. The smallest absolute Gasteiger partial charge is 0.234 e. The quantitative estimate of drug-likeness (QED) is 0.793. The van der Waals surface area contributed by atoms with E-state index in [0.29, 0.717) is 18.5 Å². The van der Waals surface area contributed by atoms with Gasteiger partial charge in [0.25, 0.3) is 0 Å². The fourth-order valence-corrected chi connectivity index (χ4v) is 4.43. The number of piperazine rings is 1. The van der Waals surface area contributed by atoms with Crippen molar-refractivity contribution in [3.05, 3.63) is 0 Å². The van der Waals surface area contributed by atoms with Gasteiger partial charge in [0, 0.05) is 50.7 Å². The minimum atomic E-state index is 0.130. The Labute approximate surface area is 151 Å². The van der Waals surface area contributed by atoms with Crippen LogP contribution in [0.15, 0.2) is 0 Å². The molecule has 6 heteroatoms. The molecular weight excluding hydrogens is 316 g/mol. The molecule has 3 rings (SSSR count). The Balaban J connectivity index is 1.38. The zero-order valence-corrected chi connectivity index (χ0v) is 15.6. The Morgan fingerprint density at radius 3 is 2.44 bits per heavy atom. The van der Waals surface area contributed by atoms with E-state index in [4.69, 9.17) is 0 Å². The fourth-order valence-electron chi connectivity index (χ4n) is 4.43. The van der Waals surface area contributed by atoms with Crippen LogP contribution in [0.1, 0.15) is 51.9 Å². The highest BCUT2D eigenvalue weighted by Crippen LogP contribution is 2.26. The van der Waals surface area contributed by atoms with Crippen LogP contribution in [0.2, 0.25) is 0 Å². The maximum Gasteiger partial charge on any atom is 0.234 e. The van der Waals surface area contributed by atoms with E-state index in [2.05, 4.69) is 22.5 Å². The summed E-state index contributed by atoms with van der Waals surface area (Å²) in [5.74, 6) is 0.749. The Kier molecular flexibility index (Phi) is 6.70. The van der Waals surface area contributed by atoms with E-state index in [1.165, 1.54) is 19.3 Å². The van der Waals surface area contributed by atoms with Gasteiger partial charge in [0.15, 0.2) is 0 Å². The SMILES string of the molecule is C[C@@H]1CNCCN1CC(=O)NC1CCN(C(=O)C2CCCCC2)CC1. The van der Waals surface area contributed by atoms with E-state index in [1.54, 1.807) is 0 Å². The van der Waals surface area contributed by atoms with Crippen molar-refractivity contribution in [3.63, 3.8) is 0 Å². The van der Waals surface area contributed by atoms with Gasteiger partial charge in [0.1, 0.15) is 0 Å². The van der Waals surface area contributed by atoms with Crippen LogP contribution in [0, 0.1) is 5.92 Å². The second-order valence-corrected chi connectivity index (χ2v) is 8.03. The van der Waals surface area contributed by atoms with Gasteiger partial charge >= 0.3 is 0 Å². The third kappa shape index (κ3) is 5.17. The molecule has 142 valence electrons. The van der Waals surface area contributed by atoms with Gasteiger partial charge in [-0.05, 0) is 32.6 Å². The van der Waals surface area contributed by atoms with Crippen molar-refractivity contribution >= 4 is 11.8 Å². The topological polar surface area (TPSA) is 64.7 Å². The van der Waals surface area contributed by atoms with Gasteiger partial charge in [0.05, 0.1) is 6.54 Å². The van der Waals surface area contributed by atoms with Gasteiger partial charge in [-0.1, -0.05) is 19.3 Å². The zero-order chi connectivity index (χ0) is 17.6.